The second kappa shape index (κ2) is 12.0. The molecule has 0 saturated carbocycles. The van der Waals surface area contributed by atoms with Crippen LogP contribution in [0, 0.1) is 5.92 Å². The Bertz CT molecular complexity index is 1350. The summed E-state index contributed by atoms with van der Waals surface area (Å²) >= 11 is 0. The summed E-state index contributed by atoms with van der Waals surface area (Å²) in [4.78, 5) is 43.6. The lowest BCUT2D eigenvalue weighted by Crippen LogP contribution is -2.61. The van der Waals surface area contributed by atoms with Gasteiger partial charge >= 0.3 is 5.97 Å². The van der Waals surface area contributed by atoms with Gasteiger partial charge in [-0.2, -0.15) is 0 Å². The van der Waals surface area contributed by atoms with E-state index in [2.05, 4.69) is 20.4 Å². The normalized spacial score (nSPS) is 27.3. The summed E-state index contributed by atoms with van der Waals surface area (Å²) in [6.07, 6.45) is 3.03. The largest absolute Gasteiger partial charge is 0.457 e. The van der Waals surface area contributed by atoms with Gasteiger partial charge in [0.15, 0.2) is 0 Å². The molecule has 0 aliphatic carbocycles. The number of cyclic esters (lactones) is 1. The summed E-state index contributed by atoms with van der Waals surface area (Å²) in [6, 6.07) is 4.94. The molecule has 0 radical (unpaired) electrons. The number of ether oxygens (including phenoxy) is 1. The second-order valence-electron chi connectivity index (χ2n) is 10.7. The van der Waals surface area contributed by atoms with Crippen molar-refractivity contribution in [2.75, 3.05) is 12.3 Å². The van der Waals surface area contributed by atoms with Crippen LogP contribution in [0.4, 0.5) is 0 Å². The first-order valence-corrected chi connectivity index (χ1v) is 15.1. The van der Waals surface area contributed by atoms with Gasteiger partial charge in [-0.15, -0.1) is 0 Å². The molecule has 3 heterocycles. The average molecular weight is 560 g/mol. The molecule has 0 spiro atoms. The first-order chi connectivity index (χ1) is 18.4. The summed E-state index contributed by atoms with van der Waals surface area (Å²) in [7, 11) is -3.78. The number of benzene rings is 1. The Balaban J connectivity index is 1.64. The van der Waals surface area contributed by atoms with Gasteiger partial charge in [0.05, 0.1) is 5.75 Å². The van der Waals surface area contributed by atoms with E-state index in [4.69, 9.17) is 4.74 Å². The van der Waals surface area contributed by atoms with Crippen LogP contribution in [-0.4, -0.2) is 66.6 Å². The molecule has 3 N–H and O–H groups in total. The molecular weight excluding hydrogens is 522 g/mol. The smallest absolute Gasteiger partial charge is 0.325 e. The van der Waals surface area contributed by atoms with Gasteiger partial charge in [0.2, 0.25) is 15.9 Å². The maximum atomic E-state index is 13.1. The number of pyridine rings is 1. The number of hydrazine groups is 1. The van der Waals surface area contributed by atoms with Crippen LogP contribution in [0.15, 0.2) is 30.5 Å². The molecule has 39 heavy (non-hydrogen) atoms. The molecule has 1 aromatic carbocycles. The molecule has 212 valence electrons. The van der Waals surface area contributed by atoms with E-state index in [1.54, 1.807) is 27.0 Å². The lowest BCUT2D eigenvalue weighted by atomic mass is 10.0. The van der Waals surface area contributed by atoms with E-state index < -0.39 is 52.0 Å². The van der Waals surface area contributed by atoms with Crippen LogP contribution in [0.5, 0.6) is 0 Å². The number of nitrogens with one attached hydrogen (secondary N) is 3. The summed E-state index contributed by atoms with van der Waals surface area (Å²) in [5.74, 6) is -2.01. The van der Waals surface area contributed by atoms with E-state index in [9.17, 15) is 22.8 Å². The molecule has 2 aromatic rings. The number of carbonyl (C=O) groups is 3. The van der Waals surface area contributed by atoms with Crippen molar-refractivity contribution in [1.82, 2.24) is 25.5 Å². The lowest BCUT2D eigenvalue weighted by Gasteiger charge is -2.35. The highest BCUT2D eigenvalue weighted by atomic mass is 32.2. The van der Waals surface area contributed by atoms with Crippen molar-refractivity contribution in [1.29, 1.82) is 0 Å². The van der Waals surface area contributed by atoms with Gasteiger partial charge in [-0.1, -0.05) is 26.0 Å². The van der Waals surface area contributed by atoms with Gasteiger partial charge in [0.25, 0.3) is 5.91 Å². The van der Waals surface area contributed by atoms with Gasteiger partial charge in [-0.25, -0.2) is 18.6 Å². The molecular formula is C27H37N5O6S. The maximum Gasteiger partial charge on any atom is 0.325 e. The molecule has 4 rings (SSSR count). The van der Waals surface area contributed by atoms with Gasteiger partial charge < -0.3 is 10.1 Å². The Morgan fingerprint density at radius 3 is 2.59 bits per heavy atom. The van der Waals surface area contributed by atoms with Crippen molar-refractivity contribution in [2.45, 2.75) is 77.6 Å². The van der Waals surface area contributed by atoms with Gasteiger partial charge in [0.1, 0.15) is 24.2 Å². The van der Waals surface area contributed by atoms with Crippen molar-refractivity contribution < 1.29 is 27.5 Å². The van der Waals surface area contributed by atoms with Gasteiger partial charge in [0, 0.05) is 23.8 Å². The Morgan fingerprint density at radius 1 is 1.08 bits per heavy atom. The zero-order valence-electron chi connectivity index (χ0n) is 22.8. The number of rotatable bonds is 1. The van der Waals surface area contributed by atoms with Crippen molar-refractivity contribution >= 4 is 38.6 Å². The highest BCUT2D eigenvalue weighted by molar-refractivity contribution is 7.89. The predicted octanol–water partition coefficient (Wildman–Crippen LogP) is 1.73. The van der Waals surface area contributed by atoms with Crippen LogP contribution >= 0.6 is 0 Å². The van der Waals surface area contributed by atoms with E-state index in [1.807, 2.05) is 24.3 Å². The third-order valence-corrected chi connectivity index (χ3v) is 8.57. The monoisotopic (exact) mass is 559 g/mol. The number of fused-ring (bicyclic) bond motifs is 4. The molecule has 2 aliphatic heterocycles. The molecule has 5 bridgehead atoms. The Kier molecular flexibility index (Phi) is 8.87. The maximum absolute atomic E-state index is 13.1. The molecule has 4 atom stereocenters. The van der Waals surface area contributed by atoms with Crippen LogP contribution in [0.1, 0.15) is 64.3 Å². The summed E-state index contributed by atoms with van der Waals surface area (Å²) in [5, 5.41) is 5.78. The fourth-order valence-corrected chi connectivity index (χ4v) is 6.23. The average Bonchev–Trinajstić information content (AvgIpc) is 2.90. The van der Waals surface area contributed by atoms with Crippen molar-refractivity contribution in [3.05, 3.63) is 41.7 Å². The van der Waals surface area contributed by atoms with E-state index in [-0.39, 0.29) is 11.7 Å². The minimum Gasteiger partial charge on any atom is -0.457 e. The number of nitrogens with zero attached hydrogens (tertiary/aromatic N) is 2. The zero-order valence-corrected chi connectivity index (χ0v) is 23.6. The van der Waals surface area contributed by atoms with Gasteiger partial charge in [-0.05, 0) is 68.5 Å². The Morgan fingerprint density at radius 2 is 1.85 bits per heavy atom. The van der Waals surface area contributed by atoms with E-state index in [1.165, 1.54) is 11.9 Å². The summed E-state index contributed by atoms with van der Waals surface area (Å²) in [5.41, 5.74) is 4.50. The van der Waals surface area contributed by atoms with Crippen LogP contribution in [0.3, 0.4) is 0 Å². The standard InChI is InChI=1S/C27H37N5O6S/c1-16(2)24-25(33)29-17(3)26(34)32-11-5-8-23(30-32)27(35)38-18(4)19-9-10-20-15-28-22(14-21(20)13-19)7-6-12-39(36,37)31-24/h9-10,13-18,23-24,30-31H,5-8,11-12H2,1-4H3,(H,29,33)/t17-,18+,23-,24-/m0/s1. The van der Waals surface area contributed by atoms with Crippen LogP contribution in [-0.2, 0) is 35.6 Å². The topological polar surface area (TPSA) is 147 Å². The number of carbonyl (C=O) groups excluding carboxylic acids is 3. The molecule has 1 aromatic heterocycles. The fourth-order valence-electron chi connectivity index (χ4n) is 4.82. The molecule has 2 aliphatic rings. The van der Waals surface area contributed by atoms with Crippen molar-refractivity contribution in [3.63, 3.8) is 0 Å². The van der Waals surface area contributed by atoms with Crippen LogP contribution < -0.4 is 15.5 Å². The zero-order chi connectivity index (χ0) is 28.3. The molecule has 12 heteroatoms. The highest BCUT2D eigenvalue weighted by Gasteiger charge is 2.34. The van der Waals surface area contributed by atoms with Crippen LogP contribution in [0.2, 0.25) is 0 Å². The number of amides is 2. The van der Waals surface area contributed by atoms with E-state index in [0.717, 1.165) is 22.0 Å². The fraction of sp³-hybridized carbons (Fsp3) is 0.556. The second-order valence-corrected chi connectivity index (χ2v) is 12.5. The van der Waals surface area contributed by atoms with Gasteiger partial charge in [-0.3, -0.25) is 24.4 Å². The van der Waals surface area contributed by atoms with Crippen molar-refractivity contribution in [3.8, 4) is 0 Å². The first kappa shape index (κ1) is 28.9. The minimum absolute atomic E-state index is 0.177. The molecule has 1 saturated heterocycles. The number of hydrogen-bond acceptors (Lipinski definition) is 8. The number of sulfonamides is 1. The van der Waals surface area contributed by atoms with Crippen molar-refractivity contribution in [2.24, 2.45) is 5.92 Å². The molecule has 2 amide bonds. The Hall–Kier alpha value is -3.09. The number of hydrogen-bond donors (Lipinski definition) is 3. The number of aryl methyl sites for hydroxylation is 1. The highest BCUT2D eigenvalue weighted by Crippen LogP contribution is 2.24. The van der Waals surface area contributed by atoms with Crippen LogP contribution in [0.25, 0.3) is 10.8 Å². The minimum atomic E-state index is -3.78. The number of aromatic nitrogens is 1. The Labute approximate surface area is 229 Å². The lowest BCUT2D eigenvalue weighted by molar-refractivity contribution is -0.157. The molecule has 1 fully saturated rings. The number of esters is 1. The third-order valence-electron chi connectivity index (χ3n) is 7.13. The molecule has 11 nitrogen and oxygen atoms in total. The summed E-state index contributed by atoms with van der Waals surface area (Å²) in [6.45, 7) is 7.15. The molecule has 0 unspecified atom stereocenters. The quantitative estimate of drug-likeness (QED) is 0.448. The summed E-state index contributed by atoms with van der Waals surface area (Å²) < 4.78 is 34.0. The van der Waals surface area contributed by atoms with E-state index >= 15 is 0 Å². The third kappa shape index (κ3) is 7.11. The predicted molar refractivity (Wildman–Crippen MR) is 146 cm³/mol. The first-order valence-electron chi connectivity index (χ1n) is 13.4. The van der Waals surface area contributed by atoms with E-state index in [0.29, 0.717) is 32.2 Å². The SMILES string of the molecule is CC(C)[C@@H]1NS(=O)(=O)CCCc2cc3cc(ccc3cn2)[C@@H](C)OC(=O)[C@@H]2CCCN(N2)C(=O)[C@H](C)NC1=O.